The van der Waals surface area contributed by atoms with Gasteiger partial charge in [0.2, 0.25) is 5.91 Å². The van der Waals surface area contributed by atoms with Crippen molar-refractivity contribution in [2.75, 3.05) is 32.7 Å². The molecule has 108 valence electrons. The molecule has 0 bridgehead atoms. The molecule has 0 aromatic carbocycles. The first-order valence-electron chi connectivity index (χ1n) is 7.17. The molecule has 0 aromatic rings. The fourth-order valence-corrected chi connectivity index (χ4v) is 2.52. The monoisotopic (exact) mass is 268 g/mol. The lowest BCUT2D eigenvalue weighted by Gasteiger charge is -2.32. The van der Waals surface area contributed by atoms with Gasteiger partial charge in [0.25, 0.3) is 0 Å². The van der Waals surface area contributed by atoms with Crippen molar-refractivity contribution in [1.29, 1.82) is 0 Å². The summed E-state index contributed by atoms with van der Waals surface area (Å²) < 4.78 is 0. The molecule has 1 saturated heterocycles. The number of carbonyl (C=O) groups excluding carboxylic acids is 2. The minimum atomic E-state index is -0.491. The van der Waals surface area contributed by atoms with Gasteiger partial charge in [-0.25, -0.2) is 4.79 Å². The van der Waals surface area contributed by atoms with E-state index in [9.17, 15) is 9.59 Å². The molecule has 3 amide bonds. The zero-order chi connectivity index (χ0) is 13.7. The van der Waals surface area contributed by atoms with Gasteiger partial charge in [0, 0.05) is 19.6 Å². The first-order chi connectivity index (χ1) is 9.15. The van der Waals surface area contributed by atoms with Gasteiger partial charge in [-0.05, 0) is 44.1 Å². The predicted octanol–water partition coefficient (Wildman–Crippen LogP) is -0.107. The van der Waals surface area contributed by atoms with Gasteiger partial charge in [-0.1, -0.05) is 0 Å². The van der Waals surface area contributed by atoms with Crippen molar-refractivity contribution in [2.24, 2.45) is 17.6 Å². The van der Waals surface area contributed by atoms with E-state index in [0.29, 0.717) is 19.0 Å². The average molecular weight is 268 g/mol. The van der Waals surface area contributed by atoms with Crippen molar-refractivity contribution >= 4 is 11.9 Å². The summed E-state index contributed by atoms with van der Waals surface area (Å²) in [4.78, 5) is 24.6. The first-order valence-corrected chi connectivity index (χ1v) is 7.17. The van der Waals surface area contributed by atoms with Crippen molar-refractivity contribution in [2.45, 2.75) is 25.7 Å². The largest absolute Gasteiger partial charge is 0.352 e. The molecule has 2 aliphatic rings. The highest BCUT2D eigenvalue weighted by atomic mass is 16.2. The number of nitrogens with two attached hydrogens (primary N) is 1. The van der Waals surface area contributed by atoms with E-state index in [2.05, 4.69) is 10.6 Å². The summed E-state index contributed by atoms with van der Waals surface area (Å²) in [5.74, 6) is 1.29. The fourth-order valence-electron chi connectivity index (χ4n) is 2.52. The number of rotatable bonds is 6. The third-order valence-electron chi connectivity index (χ3n) is 3.84. The van der Waals surface area contributed by atoms with Gasteiger partial charge in [0.1, 0.15) is 0 Å². The maximum atomic E-state index is 12.0. The molecular weight excluding hydrogens is 244 g/mol. The molecule has 0 aromatic heterocycles. The molecule has 6 nitrogen and oxygen atoms in total. The number of primary amides is 1. The molecule has 1 aliphatic carbocycles. The van der Waals surface area contributed by atoms with E-state index in [-0.39, 0.29) is 5.91 Å². The Morgan fingerprint density at radius 3 is 2.63 bits per heavy atom. The number of hydrogen-bond donors (Lipinski definition) is 3. The first kappa shape index (κ1) is 14.1. The van der Waals surface area contributed by atoms with Crippen LogP contribution in [0.5, 0.6) is 0 Å². The van der Waals surface area contributed by atoms with E-state index in [4.69, 9.17) is 5.73 Å². The molecule has 1 aliphatic heterocycles. The van der Waals surface area contributed by atoms with E-state index < -0.39 is 6.03 Å². The van der Waals surface area contributed by atoms with Crippen molar-refractivity contribution < 1.29 is 9.59 Å². The summed E-state index contributed by atoms with van der Waals surface area (Å²) >= 11 is 0. The quantitative estimate of drug-likeness (QED) is 0.628. The summed E-state index contributed by atoms with van der Waals surface area (Å²) in [5.41, 5.74) is 5.06. The van der Waals surface area contributed by atoms with Crippen LogP contribution in [-0.2, 0) is 4.79 Å². The third kappa shape index (κ3) is 5.06. The zero-order valence-corrected chi connectivity index (χ0v) is 11.4. The topological polar surface area (TPSA) is 87.5 Å². The minimum absolute atomic E-state index is 0.171. The van der Waals surface area contributed by atoms with Gasteiger partial charge >= 0.3 is 6.03 Å². The van der Waals surface area contributed by atoms with Gasteiger partial charge in [-0.15, -0.1) is 0 Å². The summed E-state index contributed by atoms with van der Waals surface area (Å²) in [5, 5.41) is 5.85. The van der Waals surface area contributed by atoms with E-state index in [1.807, 2.05) is 4.90 Å². The highest BCUT2D eigenvalue weighted by molar-refractivity contribution is 5.78. The molecule has 0 spiro atoms. The number of carbonyl (C=O) groups is 2. The molecule has 1 unspecified atom stereocenters. The number of nitrogens with one attached hydrogen (secondary N) is 2. The Balaban J connectivity index is 1.66. The maximum absolute atomic E-state index is 12.0. The summed E-state index contributed by atoms with van der Waals surface area (Å²) in [7, 11) is 0. The third-order valence-corrected chi connectivity index (χ3v) is 3.84. The number of amides is 3. The van der Waals surface area contributed by atoms with Crippen LogP contribution in [0.15, 0.2) is 0 Å². The van der Waals surface area contributed by atoms with Gasteiger partial charge in [-0.3, -0.25) is 4.79 Å². The van der Waals surface area contributed by atoms with Crippen molar-refractivity contribution in [3.8, 4) is 0 Å². The fraction of sp³-hybridized carbons (Fsp3) is 0.846. The number of nitrogens with zero attached hydrogens (tertiary/aromatic N) is 1. The van der Waals surface area contributed by atoms with Gasteiger partial charge in [0.05, 0.1) is 6.54 Å². The Bertz CT molecular complexity index is 331. The molecule has 6 heteroatoms. The van der Waals surface area contributed by atoms with Gasteiger partial charge in [0.15, 0.2) is 0 Å². The van der Waals surface area contributed by atoms with Crippen LogP contribution in [0, 0.1) is 11.8 Å². The number of piperidine rings is 1. The minimum Gasteiger partial charge on any atom is -0.352 e. The van der Waals surface area contributed by atoms with E-state index >= 15 is 0 Å². The smallest absolute Gasteiger partial charge is 0.312 e. The van der Waals surface area contributed by atoms with Crippen molar-refractivity contribution in [1.82, 2.24) is 15.5 Å². The Hall–Kier alpha value is -1.30. The number of likely N-dealkylation sites (tertiary alicyclic amines) is 1. The molecule has 2 rings (SSSR count). The summed E-state index contributed by atoms with van der Waals surface area (Å²) in [6.45, 7) is 3.52. The SMILES string of the molecule is NC(=O)NCC1CCCN(C(=O)CNCC2CC2)C1. The standard InChI is InChI=1S/C13H24N4O2/c14-13(19)16-7-11-2-1-5-17(9-11)12(18)8-15-6-10-3-4-10/h10-11,15H,1-9H2,(H3,14,16,19). The van der Waals surface area contributed by atoms with Crippen LogP contribution < -0.4 is 16.4 Å². The molecule has 4 N–H and O–H groups in total. The van der Waals surface area contributed by atoms with Crippen molar-refractivity contribution in [3.63, 3.8) is 0 Å². The second-order valence-corrected chi connectivity index (χ2v) is 5.67. The molecule has 2 fully saturated rings. The second-order valence-electron chi connectivity index (χ2n) is 5.67. The van der Waals surface area contributed by atoms with Crippen molar-refractivity contribution in [3.05, 3.63) is 0 Å². The lowest BCUT2D eigenvalue weighted by Crippen LogP contribution is -2.47. The maximum Gasteiger partial charge on any atom is 0.312 e. The van der Waals surface area contributed by atoms with Crippen LogP contribution in [0.2, 0.25) is 0 Å². The van der Waals surface area contributed by atoms with Crippen LogP contribution in [-0.4, -0.2) is 49.6 Å². The lowest BCUT2D eigenvalue weighted by atomic mass is 9.98. The van der Waals surface area contributed by atoms with E-state index in [1.165, 1.54) is 12.8 Å². The predicted molar refractivity (Wildman–Crippen MR) is 72.5 cm³/mol. The highest BCUT2D eigenvalue weighted by Crippen LogP contribution is 2.27. The lowest BCUT2D eigenvalue weighted by molar-refractivity contribution is -0.132. The van der Waals surface area contributed by atoms with Crippen LogP contribution in [0.25, 0.3) is 0 Å². The Kier molecular flexibility index (Phi) is 5.01. The normalized spacial score (nSPS) is 23.2. The Morgan fingerprint density at radius 1 is 1.16 bits per heavy atom. The van der Waals surface area contributed by atoms with Gasteiger partial charge in [-0.2, -0.15) is 0 Å². The molecule has 1 heterocycles. The highest BCUT2D eigenvalue weighted by Gasteiger charge is 2.24. The molecule has 19 heavy (non-hydrogen) atoms. The zero-order valence-electron chi connectivity index (χ0n) is 11.4. The molecule has 1 atom stereocenters. The van der Waals surface area contributed by atoms with Gasteiger partial charge < -0.3 is 21.3 Å². The van der Waals surface area contributed by atoms with Crippen LogP contribution in [0.3, 0.4) is 0 Å². The Morgan fingerprint density at radius 2 is 1.95 bits per heavy atom. The molecule has 0 radical (unpaired) electrons. The van der Waals surface area contributed by atoms with E-state index in [0.717, 1.165) is 38.4 Å². The van der Waals surface area contributed by atoms with Crippen LogP contribution in [0.1, 0.15) is 25.7 Å². The molecular formula is C13H24N4O2. The van der Waals surface area contributed by atoms with Crippen LogP contribution in [0.4, 0.5) is 4.79 Å². The Labute approximate surface area is 114 Å². The average Bonchev–Trinajstić information content (AvgIpc) is 3.21. The second kappa shape index (κ2) is 6.75. The molecule has 1 saturated carbocycles. The summed E-state index contributed by atoms with van der Waals surface area (Å²) in [6.07, 6.45) is 4.64. The van der Waals surface area contributed by atoms with Crippen LogP contribution >= 0.6 is 0 Å². The number of hydrogen-bond acceptors (Lipinski definition) is 3. The van der Waals surface area contributed by atoms with E-state index in [1.54, 1.807) is 0 Å². The number of urea groups is 1. The summed E-state index contributed by atoms with van der Waals surface area (Å²) in [6, 6.07) is -0.491.